The van der Waals surface area contributed by atoms with Gasteiger partial charge in [0.05, 0.1) is 13.7 Å². The van der Waals surface area contributed by atoms with Crippen molar-refractivity contribution in [3.8, 4) is 5.88 Å². The predicted molar refractivity (Wildman–Crippen MR) is 82.8 cm³/mol. The normalized spacial score (nSPS) is 19.7. The summed E-state index contributed by atoms with van der Waals surface area (Å²) in [6, 6.07) is 2.62. The van der Waals surface area contributed by atoms with Crippen LogP contribution >= 0.6 is 0 Å². The molecule has 7 nitrogen and oxygen atoms in total. The maximum Gasteiger partial charge on any atom is 0.234 e. The number of hydrogen-bond acceptors (Lipinski definition) is 6. The molecule has 2 N–H and O–H groups in total. The number of piperidine rings is 1. The average Bonchev–Trinajstić information content (AvgIpc) is 3.33. The van der Waals surface area contributed by atoms with Crippen LogP contribution in [0.1, 0.15) is 25.7 Å². The molecule has 1 aliphatic heterocycles. The Bertz CT molecular complexity index is 512. The van der Waals surface area contributed by atoms with Crippen LogP contribution in [0.3, 0.4) is 0 Å². The first kappa shape index (κ1) is 15.0. The number of methoxy groups -OCH3 is 1. The van der Waals surface area contributed by atoms with Gasteiger partial charge in [-0.15, -0.1) is 0 Å². The predicted octanol–water partition coefficient (Wildman–Crippen LogP) is 0.640. The SMILES string of the molecule is COc1cc(NC2CCN(CC(=O)NC3CC3)CC2)ncn1. The van der Waals surface area contributed by atoms with Crippen molar-refractivity contribution in [3.63, 3.8) is 0 Å². The minimum absolute atomic E-state index is 0.162. The number of carbonyl (C=O) groups is 1. The van der Waals surface area contributed by atoms with E-state index in [4.69, 9.17) is 4.74 Å². The summed E-state index contributed by atoms with van der Waals surface area (Å²) < 4.78 is 5.10. The Morgan fingerprint density at radius 2 is 2.05 bits per heavy atom. The Balaban J connectivity index is 1.41. The van der Waals surface area contributed by atoms with Gasteiger partial charge >= 0.3 is 0 Å². The van der Waals surface area contributed by atoms with Crippen molar-refractivity contribution >= 4 is 11.7 Å². The van der Waals surface area contributed by atoms with Gasteiger partial charge < -0.3 is 15.4 Å². The van der Waals surface area contributed by atoms with Gasteiger partial charge in [0.15, 0.2) is 0 Å². The molecule has 2 fully saturated rings. The highest BCUT2D eigenvalue weighted by Crippen LogP contribution is 2.19. The maximum atomic E-state index is 11.8. The van der Waals surface area contributed by atoms with Crippen LogP contribution in [0.25, 0.3) is 0 Å². The highest BCUT2D eigenvalue weighted by atomic mass is 16.5. The number of likely N-dealkylation sites (tertiary alicyclic amines) is 1. The summed E-state index contributed by atoms with van der Waals surface area (Å²) in [7, 11) is 1.59. The number of aromatic nitrogens is 2. The number of nitrogens with one attached hydrogen (secondary N) is 2. The molecule has 7 heteroatoms. The molecule has 120 valence electrons. The van der Waals surface area contributed by atoms with E-state index >= 15 is 0 Å². The molecule has 1 saturated heterocycles. The van der Waals surface area contributed by atoms with Crippen molar-refractivity contribution in [2.45, 2.75) is 37.8 Å². The van der Waals surface area contributed by atoms with E-state index < -0.39 is 0 Å². The molecule has 2 aliphatic rings. The molecule has 0 atom stereocenters. The van der Waals surface area contributed by atoms with E-state index in [-0.39, 0.29) is 5.91 Å². The largest absolute Gasteiger partial charge is 0.481 e. The second-order valence-corrected chi connectivity index (χ2v) is 5.98. The molecule has 1 aromatic heterocycles. The molecule has 0 bridgehead atoms. The quantitative estimate of drug-likeness (QED) is 0.803. The number of amides is 1. The Labute approximate surface area is 130 Å². The van der Waals surface area contributed by atoms with Gasteiger partial charge in [0, 0.05) is 31.2 Å². The lowest BCUT2D eigenvalue weighted by atomic mass is 10.1. The number of ether oxygens (including phenoxy) is 1. The van der Waals surface area contributed by atoms with E-state index in [0.29, 0.717) is 24.5 Å². The van der Waals surface area contributed by atoms with Gasteiger partial charge in [-0.2, -0.15) is 0 Å². The van der Waals surface area contributed by atoms with E-state index in [9.17, 15) is 4.79 Å². The fraction of sp³-hybridized carbons (Fsp3) is 0.667. The zero-order chi connectivity index (χ0) is 15.4. The molecule has 0 radical (unpaired) electrons. The first-order valence-corrected chi connectivity index (χ1v) is 7.87. The molecule has 0 unspecified atom stereocenters. The van der Waals surface area contributed by atoms with Crippen LogP contribution < -0.4 is 15.4 Å². The van der Waals surface area contributed by atoms with Gasteiger partial charge in [0.1, 0.15) is 12.1 Å². The van der Waals surface area contributed by atoms with Gasteiger partial charge in [-0.05, 0) is 25.7 Å². The molecule has 1 amide bonds. The van der Waals surface area contributed by atoms with E-state index in [2.05, 4.69) is 25.5 Å². The van der Waals surface area contributed by atoms with Crippen molar-refractivity contribution in [3.05, 3.63) is 12.4 Å². The molecule has 22 heavy (non-hydrogen) atoms. The molecule has 1 aromatic rings. The number of nitrogens with zero attached hydrogens (tertiary/aromatic N) is 3. The standard InChI is InChI=1S/C15H23N5O2/c1-22-15-8-13(16-10-17-15)18-12-4-6-20(7-5-12)9-14(21)19-11-2-3-11/h8,10-12H,2-7,9H2,1H3,(H,19,21)(H,16,17,18). The molecular formula is C15H23N5O2. The maximum absolute atomic E-state index is 11.8. The summed E-state index contributed by atoms with van der Waals surface area (Å²) >= 11 is 0. The zero-order valence-corrected chi connectivity index (χ0v) is 12.9. The number of carbonyl (C=O) groups excluding carboxylic acids is 1. The molecule has 3 rings (SSSR count). The molecular weight excluding hydrogens is 282 g/mol. The summed E-state index contributed by atoms with van der Waals surface area (Å²) in [6.45, 7) is 2.38. The molecule has 0 aromatic carbocycles. The van der Waals surface area contributed by atoms with Crippen LogP contribution in [0.2, 0.25) is 0 Å². The number of anilines is 1. The van der Waals surface area contributed by atoms with Crippen molar-refractivity contribution < 1.29 is 9.53 Å². The van der Waals surface area contributed by atoms with Crippen LogP contribution in [-0.2, 0) is 4.79 Å². The second-order valence-electron chi connectivity index (χ2n) is 5.98. The lowest BCUT2D eigenvalue weighted by Gasteiger charge is -2.32. The van der Waals surface area contributed by atoms with Crippen LogP contribution in [0.15, 0.2) is 12.4 Å². The van der Waals surface area contributed by atoms with Crippen LogP contribution in [0, 0.1) is 0 Å². The van der Waals surface area contributed by atoms with Gasteiger partial charge in [-0.3, -0.25) is 9.69 Å². The lowest BCUT2D eigenvalue weighted by molar-refractivity contribution is -0.122. The monoisotopic (exact) mass is 305 g/mol. The molecule has 2 heterocycles. The van der Waals surface area contributed by atoms with E-state index in [1.165, 1.54) is 6.33 Å². The van der Waals surface area contributed by atoms with Gasteiger partial charge in [-0.25, -0.2) is 9.97 Å². The Kier molecular flexibility index (Phi) is 4.72. The third-order valence-corrected chi connectivity index (χ3v) is 4.10. The van der Waals surface area contributed by atoms with Gasteiger partial charge in [0.25, 0.3) is 0 Å². The summed E-state index contributed by atoms with van der Waals surface area (Å²) in [5.41, 5.74) is 0. The summed E-state index contributed by atoms with van der Waals surface area (Å²) in [5, 5.41) is 6.45. The molecule has 1 saturated carbocycles. The number of hydrogen-bond donors (Lipinski definition) is 2. The third kappa shape index (κ3) is 4.30. The van der Waals surface area contributed by atoms with Crippen LogP contribution in [0.5, 0.6) is 5.88 Å². The minimum atomic E-state index is 0.162. The van der Waals surface area contributed by atoms with E-state index in [0.717, 1.165) is 44.6 Å². The number of rotatable bonds is 6. The first-order chi connectivity index (χ1) is 10.7. The summed E-state index contributed by atoms with van der Waals surface area (Å²) in [6.07, 6.45) is 5.78. The Morgan fingerprint density at radius 3 is 2.73 bits per heavy atom. The fourth-order valence-corrected chi connectivity index (χ4v) is 2.68. The smallest absolute Gasteiger partial charge is 0.234 e. The van der Waals surface area contributed by atoms with Crippen molar-refractivity contribution in [2.75, 3.05) is 32.1 Å². The minimum Gasteiger partial charge on any atom is -0.481 e. The van der Waals surface area contributed by atoms with Crippen LogP contribution in [-0.4, -0.2) is 59.6 Å². The second kappa shape index (κ2) is 6.91. The lowest BCUT2D eigenvalue weighted by Crippen LogP contribution is -2.44. The molecule has 0 spiro atoms. The summed E-state index contributed by atoms with van der Waals surface area (Å²) in [4.78, 5) is 22.2. The highest BCUT2D eigenvalue weighted by molar-refractivity contribution is 5.78. The molecule has 1 aliphatic carbocycles. The van der Waals surface area contributed by atoms with Crippen LogP contribution in [0.4, 0.5) is 5.82 Å². The van der Waals surface area contributed by atoms with Gasteiger partial charge in [-0.1, -0.05) is 0 Å². The Morgan fingerprint density at radius 1 is 1.27 bits per heavy atom. The Hall–Kier alpha value is -1.89. The first-order valence-electron chi connectivity index (χ1n) is 7.87. The van der Waals surface area contributed by atoms with Crippen molar-refractivity contribution in [1.82, 2.24) is 20.2 Å². The van der Waals surface area contributed by atoms with E-state index in [1.54, 1.807) is 13.2 Å². The topological polar surface area (TPSA) is 79.4 Å². The van der Waals surface area contributed by atoms with Gasteiger partial charge in [0.2, 0.25) is 11.8 Å². The average molecular weight is 305 g/mol. The highest BCUT2D eigenvalue weighted by Gasteiger charge is 2.25. The fourth-order valence-electron chi connectivity index (χ4n) is 2.68. The zero-order valence-electron chi connectivity index (χ0n) is 12.9. The summed E-state index contributed by atoms with van der Waals surface area (Å²) in [5.74, 6) is 1.51. The third-order valence-electron chi connectivity index (χ3n) is 4.10. The van der Waals surface area contributed by atoms with Crippen molar-refractivity contribution in [2.24, 2.45) is 0 Å². The van der Waals surface area contributed by atoms with E-state index in [1.807, 2.05) is 0 Å². The van der Waals surface area contributed by atoms with Crippen molar-refractivity contribution in [1.29, 1.82) is 0 Å².